The quantitative estimate of drug-likeness (QED) is 0.844. The molecule has 0 unspecified atom stereocenters. The minimum absolute atomic E-state index is 0.220. The topological polar surface area (TPSA) is 60.2 Å². The average Bonchev–Trinajstić information content (AvgIpc) is 3.06. The summed E-state index contributed by atoms with van der Waals surface area (Å²) in [7, 11) is 3.64. The standard InChI is InChI=1S/C18H24N4O2/c1-21-13-19-20-18(21)15-9-11-22(12-10-15)17(23)8-7-14-5-3-4-6-16(14)24-2/h3-6,13,15H,7-12H2,1-2H3. The molecule has 6 heteroatoms. The van der Waals surface area contributed by atoms with Crippen LogP contribution in [0.3, 0.4) is 0 Å². The van der Waals surface area contributed by atoms with Crippen LogP contribution in [0.4, 0.5) is 0 Å². The number of para-hydroxylation sites is 1. The molecule has 0 bridgehead atoms. The minimum Gasteiger partial charge on any atom is -0.496 e. The number of carbonyl (C=O) groups is 1. The average molecular weight is 328 g/mol. The van der Waals surface area contributed by atoms with Crippen molar-refractivity contribution in [3.63, 3.8) is 0 Å². The van der Waals surface area contributed by atoms with E-state index in [-0.39, 0.29) is 5.91 Å². The maximum absolute atomic E-state index is 12.5. The molecule has 24 heavy (non-hydrogen) atoms. The first-order chi connectivity index (χ1) is 11.7. The van der Waals surface area contributed by atoms with E-state index in [1.54, 1.807) is 13.4 Å². The number of hydrogen-bond acceptors (Lipinski definition) is 4. The number of aryl methyl sites for hydroxylation is 2. The minimum atomic E-state index is 0.220. The van der Waals surface area contributed by atoms with Crippen molar-refractivity contribution >= 4 is 5.91 Å². The lowest BCUT2D eigenvalue weighted by molar-refractivity contribution is -0.132. The fraction of sp³-hybridized carbons (Fsp3) is 0.500. The van der Waals surface area contributed by atoms with Gasteiger partial charge in [0.25, 0.3) is 0 Å². The Bertz CT molecular complexity index is 690. The Morgan fingerprint density at radius 3 is 2.71 bits per heavy atom. The molecule has 128 valence electrons. The largest absolute Gasteiger partial charge is 0.496 e. The van der Waals surface area contributed by atoms with Crippen molar-refractivity contribution in [1.82, 2.24) is 19.7 Å². The summed E-state index contributed by atoms with van der Waals surface area (Å²) in [5, 5.41) is 8.15. The van der Waals surface area contributed by atoms with E-state index in [1.165, 1.54) is 0 Å². The number of rotatable bonds is 5. The molecule has 1 amide bonds. The maximum Gasteiger partial charge on any atom is 0.222 e. The fourth-order valence-corrected chi connectivity index (χ4v) is 3.36. The van der Waals surface area contributed by atoms with Gasteiger partial charge in [-0.3, -0.25) is 4.79 Å². The van der Waals surface area contributed by atoms with E-state index in [2.05, 4.69) is 10.2 Å². The number of piperidine rings is 1. The molecule has 1 fully saturated rings. The Morgan fingerprint density at radius 2 is 2.04 bits per heavy atom. The van der Waals surface area contributed by atoms with Gasteiger partial charge in [0, 0.05) is 32.5 Å². The van der Waals surface area contributed by atoms with E-state index in [9.17, 15) is 4.79 Å². The lowest BCUT2D eigenvalue weighted by Crippen LogP contribution is -2.38. The second-order valence-corrected chi connectivity index (χ2v) is 6.27. The molecule has 0 saturated carbocycles. The SMILES string of the molecule is COc1ccccc1CCC(=O)N1CCC(c2nncn2C)CC1. The molecule has 1 saturated heterocycles. The highest BCUT2D eigenvalue weighted by Crippen LogP contribution is 2.27. The van der Waals surface area contributed by atoms with E-state index in [0.717, 1.165) is 43.1 Å². The van der Waals surface area contributed by atoms with Crippen molar-refractivity contribution < 1.29 is 9.53 Å². The van der Waals surface area contributed by atoms with Crippen LogP contribution in [0.5, 0.6) is 5.75 Å². The molecule has 0 atom stereocenters. The van der Waals surface area contributed by atoms with Crippen molar-refractivity contribution in [2.24, 2.45) is 7.05 Å². The van der Waals surface area contributed by atoms with Gasteiger partial charge in [-0.25, -0.2) is 0 Å². The number of amides is 1. The first-order valence-electron chi connectivity index (χ1n) is 8.42. The molecule has 1 aromatic heterocycles. The third-order valence-electron chi connectivity index (χ3n) is 4.76. The number of aromatic nitrogens is 3. The molecule has 0 radical (unpaired) electrons. The van der Waals surface area contributed by atoms with E-state index in [4.69, 9.17) is 4.74 Å². The molecule has 1 aromatic carbocycles. The molecule has 2 aromatic rings. The third-order valence-corrected chi connectivity index (χ3v) is 4.76. The van der Waals surface area contributed by atoms with Gasteiger partial charge in [-0.2, -0.15) is 0 Å². The third kappa shape index (κ3) is 3.58. The van der Waals surface area contributed by atoms with Gasteiger partial charge in [0.1, 0.15) is 17.9 Å². The summed E-state index contributed by atoms with van der Waals surface area (Å²) >= 11 is 0. The van der Waals surface area contributed by atoms with Gasteiger partial charge in [-0.1, -0.05) is 18.2 Å². The molecular formula is C18H24N4O2. The lowest BCUT2D eigenvalue weighted by Gasteiger charge is -2.31. The summed E-state index contributed by atoms with van der Waals surface area (Å²) in [5.41, 5.74) is 1.09. The summed E-state index contributed by atoms with van der Waals surface area (Å²) in [5.74, 6) is 2.50. The van der Waals surface area contributed by atoms with Gasteiger partial charge in [0.15, 0.2) is 0 Å². The number of ether oxygens (including phenoxy) is 1. The van der Waals surface area contributed by atoms with Crippen molar-refractivity contribution in [3.05, 3.63) is 42.0 Å². The van der Waals surface area contributed by atoms with Crippen LogP contribution in [0.25, 0.3) is 0 Å². The predicted molar refractivity (Wildman–Crippen MR) is 90.9 cm³/mol. The van der Waals surface area contributed by atoms with Crippen molar-refractivity contribution in [1.29, 1.82) is 0 Å². The van der Waals surface area contributed by atoms with Gasteiger partial charge in [0.05, 0.1) is 7.11 Å². The molecule has 6 nitrogen and oxygen atoms in total. The summed E-state index contributed by atoms with van der Waals surface area (Å²) in [6.45, 7) is 1.59. The van der Waals surface area contributed by atoms with Crippen LogP contribution < -0.4 is 4.74 Å². The highest BCUT2D eigenvalue weighted by molar-refractivity contribution is 5.76. The molecule has 0 aliphatic carbocycles. The van der Waals surface area contributed by atoms with E-state index in [0.29, 0.717) is 18.8 Å². The number of likely N-dealkylation sites (tertiary alicyclic amines) is 1. The first-order valence-corrected chi connectivity index (χ1v) is 8.42. The summed E-state index contributed by atoms with van der Waals surface area (Å²) in [4.78, 5) is 14.5. The zero-order valence-electron chi connectivity index (χ0n) is 14.3. The molecule has 2 heterocycles. The highest BCUT2D eigenvalue weighted by atomic mass is 16.5. The van der Waals surface area contributed by atoms with Crippen molar-refractivity contribution in [3.8, 4) is 5.75 Å². The molecular weight excluding hydrogens is 304 g/mol. The van der Waals surface area contributed by atoms with E-state index in [1.807, 2.05) is 40.8 Å². The Hall–Kier alpha value is -2.37. The summed E-state index contributed by atoms with van der Waals surface area (Å²) in [6, 6.07) is 7.88. The van der Waals surface area contributed by atoms with Crippen LogP contribution in [0.2, 0.25) is 0 Å². The zero-order valence-corrected chi connectivity index (χ0v) is 14.3. The second kappa shape index (κ2) is 7.47. The summed E-state index contributed by atoms with van der Waals surface area (Å²) in [6.07, 6.45) is 4.88. The Labute approximate surface area is 142 Å². The van der Waals surface area contributed by atoms with Gasteiger partial charge in [-0.05, 0) is 30.9 Å². The number of carbonyl (C=O) groups excluding carboxylic acids is 1. The number of nitrogens with zero attached hydrogens (tertiary/aromatic N) is 4. The maximum atomic E-state index is 12.5. The second-order valence-electron chi connectivity index (χ2n) is 6.27. The van der Waals surface area contributed by atoms with Crippen LogP contribution in [0.1, 0.15) is 36.6 Å². The van der Waals surface area contributed by atoms with Crippen LogP contribution in [0, 0.1) is 0 Å². The van der Waals surface area contributed by atoms with Crippen LogP contribution in [-0.4, -0.2) is 45.8 Å². The van der Waals surface area contributed by atoms with Crippen molar-refractivity contribution in [2.75, 3.05) is 20.2 Å². The van der Waals surface area contributed by atoms with E-state index < -0.39 is 0 Å². The monoisotopic (exact) mass is 328 g/mol. The molecule has 1 aliphatic heterocycles. The Balaban J connectivity index is 1.51. The van der Waals surface area contributed by atoms with Gasteiger partial charge < -0.3 is 14.2 Å². The number of benzene rings is 1. The van der Waals surface area contributed by atoms with Gasteiger partial charge in [0.2, 0.25) is 5.91 Å². The molecule has 0 spiro atoms. The smallest absolute Gasteiger partial charge is 0.222 e. The summed E-state index contributed by atoms with van der Waals surface area (Å²) < 4.78 is 7.33. The van der Waals surface area contributed by atoms with Gasteiger partial charge in [-0.15, -0.1) is 10.2 Å². The zero-order chi connectivity index (χ0) is 16.9. The molecule has 0 N–H and O–H groups in total. The molecule has 1 aliphatic rings. The van der Waals surface area contributed by atoms with Crippen LogP contribution >= 0.6 is 0 Å². The van der Waals surface area contributed by atoms with Crippen LogP contribution in [-0.2, 0) is 18.3 Å². The van der Waals surface area contributed by atoms with Gasteiger partial charge >= 0.3 is 0 Å². The highest BCUT2D eigenvalue weighted by Gasteiger charge is 2.26. The Morgan fingerprint density at radius 1 is 1.29 bits per heavy atom. The lowest BCUT2D eigenvalue weighted by atomic mass is 9.95. The normalized spacial score (nSPS) is 15.5. The fourth-order valence-electron chi connectivity index (χ4n) is 3.36. The van der Waals surface area contributed by atoms with Crippen LogP contribution in [0.15, 0.2) is 30.6 Å². The van der Waals surface area contributed by atoms with Crippen molar-refractivity contribution in [2.45, 2.75) is 31.6 Å². The molecule has 3 rings (SSSR count). The first kappa shape index (κ1) is 16.5. The number of hydrogen-bond donors (Lipinski definition) is 0. The Kier molecular flexibility index (Phi) is 5.13. The number of methoxy groups -OCH3 is 1. The predicted octanol–water partition coefficient (Wildman–Crippen LogP) is 2.16. The van der Waals surface area contributed by atoms with E-state index >= 15 is 0 Å².